The normalized spacial score (nSPS) is 21.3. The van der Waals surface area contributed by atoms with E-state index in [1.165, 1.54) is 0 Å². The van der Waals surface area contributed by atoms with Crippen LogP contribution >= 0.6 is 0 Å². The minimum atomic E-state index is -0.287. The second kappa shape index (κ2) is 8.31. The fourth-order valence-corrected chi connectivity index (χ4v) is 2.87. The van der Waals surface area contributed by atoms with Gasteiger partial charge in [0.2, 0.25) is 11.8 Å². The molecule has 2 saturated heterocycles. The molecule has 2 fully saturated rings. The summed E-state index contributed by atoms with van der Waals surface area (Å²) in [7, 11) is 0. The molecule has 2 heterocycles. The topological polar surface area (TPSA) is 87.9 Å². The summed E-state index contributed by atoms with van der Waals surface area (Å²) in [5.41, 5.74) is 5.19. The van der Waals surface area contributed by atoms with E-state index in [1.54, 1.807) is 0 Å². The maximum atomic E-state index is 12.0. The summed E-state index contributed by atoms with van der Waals surface area (Å²) < 4.78 is 5.35. The number of ether oxygens (including phenoxy) is 1. The lowest BCUT2D eigenvalue weighted by Gasteiger charge is -2.36. The summed E-state index contributed by atoms with van der Waals surface area (Å²) in [4.78, 5) is 27.3. The minimum absolute atomic E-state index is 0.0124. The lowest BCUT2D eigenvalue weighted by Crippen LogP contribution is -2.47. The zero-order valence-corrected chi connectivity index (χ0v) is 12.6. The molecule has 3 N–H and O–H groups in total. The molecule has 0 aliphatic carbocycles. The van der Waals surface area contributed by atoms with E-state index in [0.717, 1.165) is 58.8 Å². The predicted molar refractivity (Wildman–Crippen MR) is 78.6 cm³/mol. The summed E-state index contributed by atoms with van der Waals surface area (Å²) in [6.07, 6.45) is 2.07. The number of nitrogens with zero attached hydrogens (tertiary/aromatic N) is 2. The Kier molecular flexibility index (Phi) is 6.41. The van der Waals surface area contributed by atoms with Gasteiger partial charge in [0.05, 0.1) is 26.3 Å². The number of morpholine rings is 1. The molecule has 0 aromatic heterocycles. The van der Waals surface area contributed by atoms with Gasteiger partial charge in [-0.05, 0) is 18.8 Å². The molecule has 2 amide bonds. The van der Waals surface area contributed by atoms with Crippen molar-refractivity contribution in [1.29, 1.82) is 0 Å². The average molecular weight is 298 g/mol. The Morgan fingerprint density at radius 2 is 1.81 bits per heavy atom. The molecule has 2 rings (SSSR count). The van der Waals surface area contributed by atoms with Crippen LogP contribution in [0.15, 0.2) is 0 Å². The van der Waals surface area contributed by atoms with E-state index >= 15 is 0 Å². The molecule has 2 aliphatic rings. The Balaban J connectivity index is 1.65. The van der Waals surface area contributed by atoms with E-state index in [1.807, 2.05) is 4.90 Å². The highest BCUT2D eigenvalue weighted by Gasteiger charge is 2.24. The number of nitrogens with one attached hydrogen (secondary N) is 1. The highest BCUT2D eigenvalue weighted by atomic mass is 16.5. The van der Waals surface area contributed by atoms with Gasteiger partial charge in [-0.25, -0.2) is 0 Å². The number of nitrogens with two attached hydrogens (primary N) is 1. The Labute approximate surface area is 125 Å². The number of hydrogen-bond donors (Lipinski definition) is 2. The summed E-state index contributed by atoms with van der Waals surface area (Å²) in [6.45, 7) is 6.36. The monoisotopic (exact) mass is 298 g/mol. The maximum absolute atomic E-state index is 12.0. The molecule has 0 bridgehead atoms. The number of carbonyl (C=O) groups excluding carboxylic acids is 2. The van der Waals surface area contributed by atoms with Gasteiger partial charge in [-0.1, -0.05) is 0 Å². The molecule has 0 radical (unpaired) electrons. The summed E-state index contributed by atoms with van der Waals surface area (Å²) in [5.74, 6) is 0.359. The van der Waals surface area contributed by atoms with E-state index in [-0.39, 0.29) is 24.9 Å². The smallest absolute Gasteiger partial charge is 0.241 e. The molecule has 0 aromatic rings. The zero-order chi connectivity index (χ0) is 15.1. The van der Waals surface area contributed by atoms with Crippen molar-refractivity contribution in [3.8, 4) is 0 Å². The third kappa shape index (κ3) is 5.26. The van der Waals surface area contributed by atoms with Gasteiger partial charge in [-0.15, -0.1) is 0 Å². The van der Waals surface area contributed by atoms with Crippen molar-refractivity contribution < 1.29 is 14.3 Å². The molecule has 0 saturated carbocycles. The largest absolute Gasteiger partial charge is 0.379 e. The fraction of sp³-hybridized carbons (Fsp3) is 0.857. The number of carbonyl (C=O) groups is 2. The van der Waals surface area contributed by atoms with Crippen molar-refractivity contribution in [2.45, 2.75) is 12.8 Å². The van der Waals surface area contributed by atoms with Crippen LogP contribution in [0.5, 0.6) is 0 Å². The van der Waals surface area contributed by atoms with Gasteiger partial charge in [0.1, 0.15) is 0 Å². The van der Waals surface area contributed by atoms with E-state index < -0.39 is 0 Å². The average Bonchev–Trinajstić information content (AvgIpc) is 2.54. The summed E-state index contributed by atoms with van der Waals surface area (Å²) >= 11 is 0. The number of hydrogen-bond acceptors (Lipinski definition) is 5. The van der Waals surface area contributed by atoms with Crippen LogP contribution < -0.4 is 11.1 Å². The second-order valence-corrected chi connectivity index (χ2v) is 5.72. The van der Waals surface area contributed by atoms with Crippen molar-refractivity contribution in [1.82, 2.24) is 15.1 Å². The van der Waals surface area contributed by atoms with Gasteiger partial charge >= 0.3 is 0 Å². The van der Waals surface area contributed by atoms with Crippen molar-refractivity contribution >= 4 is 11.8 Å². The Morgan fingerprint density at radius 1 is 1.14 bits per heavy atom. The van der Waals surface area contributed by atoms with Crippen LogP contribution in [0.2, 0.25) is 0 Å². The van der Waals surface area contributed by atoms with Gasteiger partial charge in [-0.3, -0.25) is 14.5 Å². The Hall–Kier alpha value is -1.18. The van der Waals surface area contributed by atoms with Crippen molar-refractivity contribution in [3.63, 3.8) is 0 Å². The lowest BCUT2D eigenvalue weighted by atomic mass is 9.96. The van der Waals surface area contributed by atoms with E-state index in [4.69, 9.17) is 10.5 Å². The molecule has 0 atom stereocenters. The number of piperidine rings is 1. The van der Waals surface area contributed by atoms with E-state index in [0.29, 0.717) is 5.92 Å². The van der Waals surface area contributed by atoms with Gasteiger partial charge in [0.15, 0.2) is 0 Å². The molecule has 7 heteroatoms. The number of rotatable bonds is 5. The number of likely N-dealkylation sites (tertiary alicyclic amines) is 1. The SMILES string of the molecule is NCC(=O)NCC(=O)N1CCC(CN2CCOCC2)CC1. The van der Waals surface area contributed by atoms with E-state index in [9.17, 15) is 9.59 Å². The van der Waals surface area contributed by atoms with Crippen molar-refractivity contribution in [2.75, 3.05) is 59.0 Å². The molecule has 0 aromatic carbocycles. The third-order valence-electron chi connectivity index (χ3n) is 4.21. The van der Waals surface area contributed by atoms with Crippen LogP contribution in [0.1, 0.15) is 12.8 Å². The zero-order valence-electron chi connectivity index (χ0n) is 12.6. The van der Waals surface area contributed by atoms with Crippen molar-refractivity contribution in [2.24, 2.45) is 11.7 Å². The van der Waals surface area contributed by atoms with Crippen molar-refractivity contribution in [3.05, 3.63) is 0 Å². The van der Waals surface area contributed by atoms with Crippen LogP contribution in [0.25, 0.3) is 0 Å². The predicted octanol–water partition coefficient (Wildman–Crippen LogP) is -1.37. The highest BCUT2D eigenvalue weighted by Crippen LogP contribution is 2.19. The first-order valence-corrected chi connectivity index (χ1v) is 7.73. The summed E-state index contributed by atoms with van der Waals surface area (Å²) in [6, 6.07) is 0. The minimum Gasteiger partial charge on any atom is -0.379 e. The molecule has 7 nitrogen and oxygen atoms in total. The van der Waals surface area contributed by atoms with Gasteiger partial charge in [-0.2, -0.15) is 0 Å². The summed E-state index contributed by atoms with van der Waals surface area (Å²) in [5, 5.41) is 2.53. The maximum Gasteiger partial charge on any atom is 0.241 e. The standard InChI is InChI=1S/C14H26N4O3/c15-9-13(19)16-10-14(20)18-3-1-12(2-4-18)11-17-5-7-21-8-6-17/h12H,1-11,15H2,(H,16,19). The van der Waals surface area contributed by atoms with Gasteiger partial charge in [0.25, 0.3) is 0 Å². The van der Waals surface area contributed by atoms with Crippen LogP contribution in [0, 0.1) is 5.92 Å². The molecular formula is C14H26N4O3. The Morgan fingerprint density at radius 3 is 2.43 bits per heavy atom. The van der Waals surface area contributed by atoms with Gasteiger partial charge < -0.3 is 20.7 Å². The molecule has 120 valence electrons. The quantitative estimate of drug-likeness (QED) is 0.654. The molecule has 21 heavy (non-hydrogen) atoms. The molecule has 0 unspecified atom stereocenters. The Bertz CT molecular complexity index is 350. The fourth-order valence-electron chi connectivity index (χ4n) is 2.87. The lowest BCUT2D eigenvalue weighted by molar-refractivity contribution is -0.133. The first-order valence-electron chi connectivity index (χ1n) is 7.73. The van der Waals surface area contributed by atoms with Crippen LogP contribution in [0.3, 0.4) is 0 Å². The van der Waals surface area contributed by atoms with Crippen LogP contribution in [-0.4, -0.2) is 80.6 Å². The highest BCUT2D eigenvalue weighted by molar-refractivity contribution is 5.85. The third-order valence-corrected chi connectivity index (χ3v) is 4.21. The first-order chi connectivity index (χ1) is 10.2. The van der Waals surface area contributed by atoms with Crippen LogP contribution in [-0.2, 0) is 14.3 Å². The van der Waals surface area contributed by atoms with Crippen LogP contribution in [0.4, 0.5) is 0 Å². The number of amides is 2. The molecule has 0 spiro atoms. The van der Waals surface area contributed by atoms with Gasteiger partial charge in [0, 0.05) is 32.7 Å². The molecule has 2 aliphatic heterocycles. The second-order valence-electron chi connectivity index (χ2n) is 5.72. The first kappa shape index (κ1) is 16.2. The van der Waals surface area contributed by atoms with E-state index in [2.05, 4.69) is 10.2 Å². The molecular weight excluding hydrogens is 272 g/mol.